The van der Waals surface area contributed by atoms with E-state index in [0.717, 1.165) is 32.2 Å². The van der Waals surface area contributed by atoms with Crippen molar-refractivity contribution in [1.29, 1.82) is 0 Å². The van der Waals surface area contributed by atoms with E-state index in [1.54, 1.807) is 11.9 Å². The third-order valence-corrected chi connectivity index (χ3v) is 2.92. The minimum atomic E-state index is -0.344. The number of amides is 2. The average Bonchev–Trinajstić information content (AvgIpc) is 2.28. The molecule has 2 amide bonds. The van der Waals surface area contributed by atoms with Gasteiger partial charge in [-0.1, -0.05) is 36.2 Å². The van der Waals surface area contributed by atoms with Crippen LogP contribution in [0.1, 0.15) is 30.4 Å². The van der Waals surface area contributed by atoms with Crippen molar-refractivity contribution < 1.29 is 4.79 Å². The number of unbranched alkanes of at least 4 members (excludes halogenated alkanes) is 2. The normalized spacial score (nSPS) is 10.2. The fourth-order valence-corrected chi connectivity index (χ4v) is 1.83. The lowest BCUT2D eigenvalue weighted by Gasteiger charge is -2.13. The minimum absolute atomic E-state index is 0.344. The minimum Gasteiger partial charge on any atom is -0.351 e. The number of nitrogens with zero attached hydrogens (tertiary/aromatic N) is 1. The Balaban J connectivity index is 2.14. The van der Waals surface area contributed by atoms with Crippen LogP contribution in [-0.2, 0) is 6.42 Å². The Labute approximate surface area is 104 Å². The van der Waals surface area contributed by atoms with Gasteiger partial charge in [0.25, 0.3) is 0 Å². The summed E-state index contributed by atoms with van der Waals surface area (Å²) in [5, 5.41) is 0. The first kappa shape index (κ1) is 13.6. The number of nitrogens with two attached hydrogens (primary N) is 1. The van der Waals surface area contributed by atoms with E-state index in [4.69, 9.17) is 5.73 Å². The van der Waals surface area contributed by atoms with Crippen LogP contribution in [0.5, 0.6) is 0 Å². The Bertz CT molecular complexity index is 363. The molecule has 0 aliphatic heterocycles. The molecule has 0 aromatic heterocycles. The summed E-state index contributed by atoms with van der Waals surface area (Å²) in [4.78, 5) is 12.3. The molecule has 94 valence electrons. The molecule has 0 heterocycles. The zero-order valence-corrected chi connectivity index (χ0v) is 10.8. The molecule has 0 spiro atoms. The molecule has 3 heteroatoms. The number of aryl methyl sites for hydroxylation is 2. The quantitative estimate of drug-likeness (QED) is 0.756. The average molecular weight is 234 g/mol. The molecule has 1 rings (SSSR count). The molecule has 1 aromatic carbocycles. The van der Waals surface area contributed by atoms with E-state index in [9.17, 15) is 4.79 Å². The summed E-state index contributed by atoms with van der Waals surface area (Å²) in [6.07, 6.45) is 4.43. The summed E-state index contributed by atoms with van der Waals surface area (Å²) < 4.78 is 0. The second-order valence-corrected chi connectivity index (χ2v) is 4.56. The van der Waals surface area contributed by atoms with E-state index in [2.05, 4.69) is 31.2 Å². The number of urea groups is 1. The highest BCUT2D eigenvalue weighted by molar-refractivity contribution is 5.71. The zero-order chi connectivity index (χ0) is 12.7. The van der Waals surface area contributed by atoms with Crippen LogP contribution in [0.4, 0.5) is 4.79 Å². The SMILES string of the molecule is Cc1cccc(CCCCCN(C)C(N)=O)c1. The smallest absolute Gasteiger partial charge is 0.314 e. The maximum absolute atomic E-state index is 10.8. The monoisotopic (exact) mass is 234 g/mol. The van der Waals surface area contributed by atoms with Crippen LogP contribution in [0.15, 0.2) is 24.3 Å². The molecule has 0 saturated carbocycles. The second-order valence-electron chi connectivity index (χ2n) is 4.56. The van der Waals surface area contributed by atoms with Crippen LogP contribution in [0.25, 0.3) is 0 Å². The van der Waals surface area contributed by atoms with Gasteiger partial charge in [-0.25, -0.2) is 4.79 Å². The number of carbonyl (C=O) groups is 1. The van der Waals surface area contributed by atoms with E-state index in [1.165, 1.54) is 11.1 Å². The van der Waals surface area contributed by atoms with Crippen molar-refractivity contribution in [3.63, 3.8) is 0 Å². The fourth-order valence-electron chi connectivity index (χ4n) is 1.83. The van der Waals surface area contributed by atoms with Gasteiger partial charge < -0.3 is 10.6 Å². The van der Waals surface area contributed by atoms with E-state index in [0.29, 0.717) is 0 Å². The van der Waals surface area contributed by atoms with Crippen molar-refractivity contribution in [1.82, 2.24) is 4.90 Å². The molecule has 2 N–H and O–H groups in total. The maximum atomic E-state index is 10.8. The second kappa shape index (κ2) is 6.94. The Morgan fingerprint density at radius 1 is 1.29 bits per heavy atom. The third-order valence-electron chi connectivity index (χ3n) is 2.92. The van der Waals surface area contributed by atoms with Crippen LogP contribution in [-0.4, -0.2) is 24.5 Å². The standard InChI is InChI=1S/C14H22N2O/c1-12-7-6-9-13(11-12)8-4-3-5-10-16(2)14(15)17/h6-7,9,11H,3-5,8,10H2,1-2H3,(H2,15,17). The van der Waals surface area contributed by atoms with Gasteiger partial charge in [-0.15, -0.1) is 0 Å². The Morgan fingerprint density at radius 3 is 2.71 bits per heavy atom. The Kier molecular flexibility index (Phi) is 5.53. The van der Waals surface area contributed by atoms with Crippen molar-refractivity contribution in [2.24, 2.45) is 5.73 Å². The van der Waals surface area contributed by atoms with Crippen LogP contribution < -0.4 is 5.73 Å². The molecular weight excluding hydrogens is 212 g/mol. The van der Waals surface area contributed by atoms with Gasteiger partial charge in [0.15, 0.2) is 0 Å². The molecule has 0 aliphatic carbocycles. The Morgan fingerprint density at radius 2 is 2.06 bits per heavy atom. The summed E-state index contributed by atoms with van der Waals surface area (Å²) in [7, 11) is 1.74. The highest BCUT2D eigenvalue weighted by atomic mass is 16.2. The molecule has 0 aliphatic rings. The van der Waals surface area contributed by atoms with Gasteiger partial charge in [0.05, 0.1) is 0 Å². The van der Waals surface area contributed by atoms with E-state index < -0.39 is 0 Å². The van der Waals surface area contributed by atoms with Gasteiger partial charge in [0, 0.05) is 13.6 Å². The summed E-state index contributed by atoms with van der Waals surface area (Å²) in [5.74, 6) is 0. The third kappa shape index (κ3) is 5.38. The molecule has 0 fully saturated rings. The van der Waals surface area contributed by atoms with Gasteiger partial charge in [-0.2, -0.15) is 0 Å². The van der Waals surface area contributed by atoms with Crippen molar-refractivity contribution in [3.8, 4) is 0 Å². The van der Waals surface area contributed by atoms with Gasteiger partial charge in [-0.3, -0.25) is 0 Å². The summed E-state index contributed by atoms with van der Waals surface area (Å²) >= 11 is 0. The predicted molar refractivity (Wildman–Crippen MR) is 70.9 cm³/mol. The molecule has 3 nitrogen and oxygen atoms in total. The molecule has 0 radical (unpaired) electrons. The lowest BCUT2D eigenvalue weighted by atomic mass is 10.1. The molecule has 0 atom stereocenters. The number of hydrogen-bond acceptors (Lipinski definition) is 1. The van der Waals surface area contributed by atoms with Crippen LogP contribution in [0.3, 0.4) is 0 Å². The summed E-state index contributed by atoms with van der Waals surface area (Å²) in [6, 6.07) is 8.28. The van der Waals surface area contributed by atoms with Gasteiger partial charge in [0.2, 0.25) is 0 Å². The molecule has 17 heavy (non-hydrogen) atoms. The largest absolute Gasteiger partial charge is 0.351 e. The first-order chi connectivity index (χ1) is 8.09. The number of carbonyl (C=O) groups excluding carboxylic acids is 1. The first-order valence-corrected chi connectivity index (χ1v) is 6.15. The molecule has 0 saturated heterocycles. The lowest BCUT2D eigenvalue weighted by molar-refractivity contribution is 0.217. The molecule has 0 unspecified atom stereocenters. The van der Waals surface area contributed by atoms with E-state index in [1.807, 2.05) is 0 Å². The van der Waals surface area contributed by atoms with Gasteiger partial charge in [-0.05, 0) is 31.7 Å². The molecular formula is C14H22N2O. The number of rotatable bonds is 6. The summed E-state index contributed by atoms with van der Waals surface area (Å²) in [5.41, 5.74) is 7.86. The zero-order valence-electron chi connectivity index (χ0n) is 10.8. The van der Waals surface area contributed by atoms with E-state index >= 15 is 0 Å². The highest BCUT2D eigenvalue weighted by Gasteiger charge is 2.01. The number of hydrogen-bond donors (Lipinski definition) is 1. The van der Waals surface area contributed by atoms with Crippen LogP contribution in [0.2, 0.25) is 0 Å². The van der Waals surface area contributed by atoms with Gasteiger partial charge in [0.1, 0.15) is 0 Å². The molecule has 0 bridgehead atoms. The van der Waals surface area contributed by atoms with Crippen molar-refractivity contribution in [3.05, 3.63) is 35.4 Å². The van der Waals surface area contributed by atoms with Crippen molar-refractivity contribution >= 4 is 6.03 Å². The van der Waals surface area contributed by atoms with Gasteiger partial charge >= 0.3 is 6.03 Å². The van der Waals surface area contributed by atoms with Crippen LogP contribution >= 0.6 is 0 Å². The predicted octanol–water partition coefficient (Wildman–Crippen LogP) is 2.72. The Hall–Kier alpha value is -1.51. The lowest BCUT2D eigenvalue weighted by Crippen LogP contribution is -2.32. The van der Waals surface area contributed by atoms with Crippen molar-refractivity contribution in [2.45, 2.75) is 32.6 Å². The van der Waals surface area contributed by atoms with Crippen LogP contribution in [0, 0.1) is 6.92 Å². The fraction of sp³-hybridized carbons (Fsp3) is 0.500. The highest BCUT2D eigenvalue weighted by Crippen LogP contribution is 2.09. The summed E-state index contributed by atoms with van der Waals surface area (Å²) in [6.45, 7) is 2.87. The maximum Gasteiger partial charge on any atom is 0.314 e. The molecule has 1 aromatic rings. The number of primary amides is 1. The van der Waals surface area contributed by atoms with E-state index in [-0.39, 0.29) is 6.03 Å². The first-order valence-electron chi connectivity index (χ1n) is 6.15. The van der Waals surface area contributed by atoms with Crippen molar-refractivity contribution in [2.75, 3.05) is 13.6 Å². The topological polar surface area (TPSA) is 46.3 Å². The number of benzene rings is 1.